The quantitative estimate of drug-likeness (QED) is 0.479. The summed E-state index contributed by atoms with van der Waals surface area (Å²) in [5, 5.41) is 26.0. The second-order valence-corrected chi connectivity index (χ2v) is 6.56. The van der Waals surface area contributed by atoms with Crippen molar-refractivity contribution < 1.29 is 19.8 Å². The lowest BCUT2D eigenvalue weighted by atomic mass is 9.91. The lowest BCUT2D eigenvalue weighted by Gasteiger charge is -2.14. The molecule has 1 aromatic heterocycles. The van der Waals surface area contributed by atoms with Crippen molar-refractivity contribution in [3.05, 3.63) is 72.3 Å². The molecule has 0 bridgehead atoms. The van der Waals surface area contributed by atoms with Crippen molar-refractivity contribution in [2.24, 2.45) is 0 Å². The summed E-state index contributed by atoms with van der Waals surface area (Å²) in [5.74, 6) is -1.25. The number of nitrogens with zero attached hydrogens (tertiary/aromatic N) is 1. The first-order valence-corrected chi connectivity index (χ1v) is 8.58. The van der Waals surface area contributed by atoms with Gasteiger partial charge in [-0.15, -0.1) is 4.73 Å². The maximum Gasteiger partial charge on any atom is 0.337 e. The van der Waals surface area contributed by atoms with Crippen LogP contribution in [0.1, 0.15) is 5.56 Å². The van der Waals surface area contributed by atoms with E-state index in [2.05, 4.69) is 30.3 Å². The molecule has 132 valence electrons. The van der Waals surface area contributed by atoms with E-state index >= 15 is 0 Å². The number of carbonyl (C=O) groups is 1. The van der Waals surface area contributed by atoms with E-state index in [1.807, 2.05) is 24.3 Å². The van der Waals surface area contributed by atoms with Crippen molar-refractivity contribution in [1.82, 2.24) is 4.73 Å². The minimum Gasteiger partial charge on any atom is -0.492 e. The molecule has 0 amide bonds. The normalized spacial score (nSPS) is 11.6. The molecule has 4 aromatic carbocycles. The van der Waals surface area contributed by atoms with Crippen LogP contribution in [0.5, 0.6) is 11.8 Å². The first-order chi connectivity index (χ1) is 13.1. The van der Waals surface area contributed by atoms with Crippen molar-refractivity contribution >= 4 is 38.3 Å². The van der Waals surface area contributed by atoms with Gasteiger partial charge in [0.2, 0.25) is 11.8 Å². The summed E-state index contributed by atoms with van der Waals surface area (Å²) in [4.78, 5) is 17.5. The molecule has 0 atom stereocenters. The smallest absolute Gasteiger partial charge is 0.337 e. The van der Waals surface area contributed by atoms with Crippen LogP contribution in [0.4, 0.5) is 0 Å². The van der Waals surface area contributed by atoms with E-state index in [4.69, 9.17) is 4.84 Å². The third kappa shape index (κ3) is 2.36. The summed E-state index contributed by atoms with van der Waals surface area (Å²) in [7, 11) is 0. The van der Waals surface area contributed by atoms with Crippen LogP contribution >= 0.6 is 0 Å². The molecule has 0 aliphatic rings. The number of carbonyl (C=O) groups excluding carboxylic acids is 1. The molecular formula is C22H15NO4. The molecule has 0 aliphatic carbocycles. The van der Waals surface area contributed by atoms with Gasteiger partial charge in [0.25, 0.3) is 0 Å². The summed E-state index contributed by atoms with van der Waals surface area (Å²) in [6.45, 7) is 0. The molecule has 27 heavy (non-hydrogen) atoms. The third-order valence-corrected chi connectivity index (χ3v) is 4.94. The first-order valence-electron chi connectivity index (χ1n) is 8.58. The number of aromatic hydroxyl groups is 2. The number of hydrogen-bond donors (Lipinski definition) is 2. The van der Waals surface area contributed by atoms with Crippen molar-refractivity contribution in [2.75, 3.05) is 0 Å². The van der Waals surface area contributed by atoms with Gasteiger partial charge < -0.3 is 15.1 Å². The Balaban J connectivity index is 1.60. The number of rotatable bonds is 3. The summed E-state index contributed by atoms with van der Waals surface area (Å²) in [6.07, 6.45) is 0.0191. The summed E-state index contributed by atoms with van der Waals surface area (Å²) < 4.78 is 0.707. The van der Waals surface area contributed by atoms with Crippen LogP contribution in [-0.4, -0.2) is 20.9 Å². The molecule has 0 spiro atoms. The highest BCUT2D eigenvalue weighted by Crippen LogP contribution is 2.36. The predicted molar refractivity (Wildman–Crippen MR) is 103 cm³/mol. The molecule has 5 aromatic rings. The Morgan fingerprint density at radius 2 is 1.37 bits per heavy atom. The molecule has 0 saturated carbocycles. The molecular weight excluding hydrogens is 342 g/mol. The second-order valence-electron chi connectivity index (χ2n) is 6.56. The Bertz CT molecular complexity index is 1280. The zero-order chi connectivity index (χ0) is 18.5. The highest BCUT2D eigenvalue weighted by molar-refractivity contribution is 6.23. The maximum atomic E-state index is 12.4. The van der Waals surface area contributed by atoms with Crippen LogP contribution in [0.2, 0.25) is 0 Å². The minimum atomic E-state index is -0.577. The van der Waals surface area contributed by atoms with Gasteiger partial charge in [-0.25, -0.2) is 4.79 Å². The molecule has 0 radical (unpaired) electrons. The molecule has 1 heterocycles. The highest BCUT2D eigenvalue weighted by atomic mass is 16.7. The van der Waals surface area contributed by atoms with Gasteiger partial charge in [0.05, 0.1) is 6.42 Å². The van der Waals surface area contributed by atoms with E-state index in [1.165, 1.54) is 17.5 Å². The Kier molecular flexibility index (Phi) is 3.24. The van der Waals surface area contributed by atoms with Crippen molar-refractivity contribution in [2.45, 2.75) is 6.42 Å². The molecule has 5 rings (SSSR count). The van der Waals surface area contributed by atoms with E-state index in [0.717, 1.165) is 32.5 Å². The van der Waals surface area contributed by atoms with Crippen LogP contribution in [0.25, 0.3) is 32.3 Å². The van der Waals surface area contributed by atoms with E-state index in [-0.39, 0.29) is 18.2 Å². The van der Waals surface area contributed by atoms with Crippen LogP contribution in [0.15, 0.2) is 66.7 Å². The van der Waals surface area contributed by atoms with Gasteiger partial charge >= 0.3 is 5.97 Å². The predicted octanol–water partition coefficient (Wildman–Crippen LogP) is 3.99. The van der Waals surface area contributed by atoms with Crippen LogP contribution in [-0.2, 0) is 11.2 Å². The fraction of sp³-hybridized carbons (Fsp3) is 0.0455. The average molecular weight is 357 g/mol. The molecule has 5 nitrogen and oxygen atoms in total. The molecule has 2 N–H and O–H groups in total. The van der Waals surface area contributed by atoms with Crippen LogP contribution < -0.4 is 4.84 Å². The second kappa shape index (κ2) is 5.64. The average Bonchev–Trinajstić information content (AvgIpc) is 2.99. The molecule has 0 aliphatic heterocycles. The summed E-state index contributed by atoms with van der Waals surface area (Å²) >= 11 is 0. The number of aromatic nitrogens is 1. The highest BCUT2D eigenvalue weighted by Gasteiger charge is 2.16. The summed E-state index contributed by atoms with van der Waals surface area (Å²) in [5.41, 5.74) is 0.830. The largest absolute Gasteiger partial charge is 0.492 e. The monoisotopic (exact) mass is 357 g/mol. The van der Waals surface area contributed by atoms with Crippen LogP contribution in [0, 0.1) is 0 Å². The maximum absolute atomic E-state index is 12.4. The van der Waals surface area contributed by atoms with E-state index in [0.29, 0.717) is 4.73 Å². The Morgan fingerprint density at radius 1 is 0.778 bits per heavy atom. The lowest BCUT2D eigenvalue weighted by molar-refractivity contribution is -0.144. The SMILES string of the molecule is O=C(Cc1ccc2ccc3cccc4ccc1c2c34)On1c(O)ccc1O. The topological polar surface area (TPSA) is 71.7 Å². The van der Waals surface area contributed by atoms with Gasteiger partial charge in [0, 0.05) is 12.1 Å². The Morgan fingerprint density at radius 3 is 2.07 bits per heavy atom. The van der Waals surface area contributed by atoms with Gasteiger partial charge in [-0.3, -0.25) is 0 Å². The molecule has 0 unspecified atom stereocenters. The van der Waals surface area contributed by atoms with Crippen molar-refractivity contribution in [3.63, 3.8) is 0 Å². The van der Waals surface area contributed by atoms with Gasteiger partial charge in [0.1, 0.15) is 0 Å². The molecule has 0 saturated heterocycles. The van der Waals surface area contributed by atoms with Gasteiger partial charge in [-0.2, -0.15) is 0 Å². The number of hydrogen-bond acceptors (Lipinski definition) is 4. The van der Waals surface area contributed by atoms with E-state index < -0.39 is 5.97 Å². The Labute approximate surface area is 153 Å². The Hall–Kier alpha value is -3.73. The van der Waals surface area contributed by atoms with Crippen LogP contribution in [0.3, 0.4) is 0 Å². The zero-order valence-electron chi connectivity index (χ0n) is 14.2. The van der Waals surface area contributed by atoms with E-state index in [1.54, 1.807) is 0 Å². The fourth-order valence-corrected chi connectivity index (χ4v) is 3.73. The van der Waals surface area contributed by atoms with E-state index in [9.17, 15) is 15.0 Å². The van der Waals surface area contributed by atoms with Crippen molar-refractivity contribution in [1.29, 1.82) is 0 Å². The molecule has 0 fully saturated rings. The molecule has 5 heteroatoms. The standard InChI is InChI=1S/C22H15NO4/c24-18-10-11-19(25)23(18)27-20(26)12-16-7-6-15-5-4-13-2-1-3-14-8-9-17(16)22(15)21(13)14/h1-11,24-25H,12H2. The lowest BCUT2D eigenvalue weighted by Crippen LogP contribution is -2.21. The van der Waals surface area contributed by atoms with Crippen molar-refractivity contribution in [3.8, 4) is 11.8 Å². The van der Waals surface area contributed by atoms with Gasteiger partial charge in [-0.1, -0.05) is 54.6 Å². The van der Waals surface area contributed by atoms with Gasteiger partial charge in [-0.05, 0) is 37.9 Å². The summed E-state index contributed by atoms with van der Waals surface area (Å²) in [6, 6.07) is 20.9. The zero-order valence-corrected chi connectivity index (χ0v) is 14.2. The fourth-order valence-electron chi connectivity index (χ4n) is 3.73. The van der Waals surface area contributed by atoms with Gasteiger partial charge in [0.15, 0.2) is 0 Å². The minimum absolute atomic E-state index is 0.0191. The third-order valence-electron chi connectivity index (χ3n) is 4.94. The first kappa shape index (κ1) is 15.5. The number of benzene rings is 4.